The molecule has 0 spiro atoms. The predicted molar refractivity (Wildman–Crippen MR) is 154 cm³/mol. The van der Waals surface area contributed by atoms with Crippen LogP contribution in [-0.2, 0) is 9.84 Å². The third-order valence-corrected chi connectivity index (χ3v) is 9.27. The van der Waals surface area contributed by atoms with E-state index in [4.69, 9.17) is 15.7 Å². The topological polar surface area (TPSA) is 89.8 Å². The van der Waals surface area contributed by atoms with Gasteiger partial charge in [0.05, 0.1) is 10.6 Å². The van der Waals surface area contributed by atoms with Gasteiger partial charge in [-0.25, -0.2) is 18.4 Å². The van der Waals surface area contributed by atoms with Gasteiger partial charge in [-0.05, 0) is 50.2 Å². The predicted octanol–water partition coefficient (Wildman–Crippen LogP) is 6.25. The molecular formula is C30H26N4O2S2. The van der Waals surface area contributed by atoms with Crippen LogP contribution < -0.4 is 10.5 Å². The first-order chi connectivity index (χ1) is 18.3. The number of aryl methyl sites for hydroxylation is 2. The van der Waals surface area contributed by atoms with Crippen molar-refractivity contribution in [2.75, 3.05) is 5.73 Å². The van der Waals surface area contributed by atoms with Gasteiger partial charge in [0.1, 0.15) is 5.82 Å². The lowest BCUT2D eigenvalue weighted by Crippen LogP contribution is -2.17. The first-order valence-corrected chi connectivity index (χ1v) is 14.3. The summed E-state index contributed by atoms with van der Waals surface area (Å²) in [5, 5.41) is 0. The summed E-state index contributed by atoms with van der Waals surface area (Å²) in [6, 6.07) is 33.5. The molecule has 0 aliphatic carbocycles. The number of aliphatic imine (C=N–C) groups is 1. The molecule has 5 aromatic rings. The molecule has 4 aromatic carbocycles. The van der Waals surface area contributed by atoms with Gasteiger partial charge in [-0.2, -0.15) is 0 Å². The average molecular weight is 539 g/mol. The number of aromatic nitrogens is 1. The van der Waals surface area contributed by atoms with Crippen molar-refractivity contribution in [3.8, 4) is 5.69 Å². The molecule has 5 rings (SSSR count). The second-order valence-electron chi connectivity index (χ2n) is 8.79. The molecule has 0 aliphatic rings. The standard InChI is InChI=1S/C30H26N4O2S2/c1-21-13-17-23(18-14-21)28(32-24-9-5-3-6-10-24)33-30-34(25-11-7-4-8-12-25)27(31)29(37-30)38(35,36)26-19-15-22(2)16-20-26/h3-20H,31H2,1-2H3. The summed E-state index contributed by atoms with van der Waals surface area (Å²) < 4.78 is 29.1. The van der Waals surface area contributed by atoms with Gasteiger partial charge >= 0.3 is 0 Å². The summed E-state index contributed by atoms with van der Waals surface area (Å²) >= 11 is 1.03. The number of rotatable bonds is 5. The molecule has 0 unspecified atom stereocenters. The first kappa shape index (κ1) is 25.4. The van der Waals surface area contributed by atoms with Crippen molar-refractivity contribution in [3.63, 3.8) is 0 Å². The molecule has 1 aromatic heterocycles. The van der Waals surface area contributed by atoms with Crippen molar-refractivity contribution < 1.29 is 8.42 Å². The molecule has 38 heavy (non-hydrogen) atoms. The molecule has 0 saturated carbocycles. The van der Waals surface area contributed by atoms with E-state index in [-0.39, 0.29) is 14.9 Å². The maximum Gasteiger partial charge on any atom is 0.219 e. The fourth-order valence-corrected chi connectivity index (χ4v) is 6.68. The van der Waals surface area contributed by atoms with Crippen molar-refractivity contribution >= 4 is 38.5 Å². The van der Waals surface area contributed by atoms with Gasteiger partial charge in [0.25, 0.3) is 0 Å². The Bertz CT molecular complexity index is 1770. The van der Waals surface area contributed by atoms with Crippen LogP contribution in [-0.4, -0.2) is 18.8 Å². The summed E-state index contributed by atoms with van der Waals surface area (Å²) in [6.45, 7) is 3.93. The van der Waals surface area contributed by atoms with Crippen LogP contribution >= 0.6 is 11.3 Å². The van der Waals surface area contributed by atoms with Crippen LogP contribution in [0.1, 0.15) is 16.7 Å². The number of para-hydroxylation sites is 2. The Hall–Kier alpha value is -4.27. The van der Waals surface area contributed by atoms with Gasteiger partial charge in [-0.15, -0.1) is 0 Å². The number of nitrogens with zero attached hydrogens (tertiary/aromatic N) is 3. The van der Waals surface area contributed by atoms with Crippen molar-refractivity contribution in [1.82, 2.24) is 4.57 Å². The summed E-state index contributed by atoms with van der Waals surface area (Å²) in [7, 11) is -3.89. The van der Waals surface area contributed by atoms with Crippen LogP contribution in [0.2, 0.25) is 0 Å². The van der Waals surface area contributed by atoms with E-state index in [1.54, 1.807) is 28.8 Å². The number of benzene rings is 4. The molecule has 0 aliphatic heterocycles. The van der Waals surface area contributed by atoms with Crippen LogP contribution in [0.3, 0.4) is 0 Å². The van der Waals surface area contributed by atoms with E-state index in [9.17, 15) is 8.42 Å². The van der Waals surface area contributed by atoms with E-state index in [1.807, 2.05) is 98.8 Å². The number of anilines is 1. The second kappa shape index (κ2) is 10.6. The van der Waals surface area contributed by atoms with E-state index >= 15 is 0 Å². The lowest BCUT2D eigenvalue weighted by atomic mass is 10.1. The van der Waals surface area contributed by atoms with Crippen molar-refractivity contribution in [3.05, 3.63) is 131 Å². The maximum atomic E-state index is 13.7. The molecule has 6 nitrogen and oxygen atoms in total. The van der Waals surface area contributed by atoms with Crippen molar-refractivity contribution in [2.24, 2.45) is 9.98 Å². The Morgan fingerprint density at radius 3 is 1.92 bits per heavy atom. The normalized spacial score (nSPS) is 12.6. The van der Waals surface area contributed by atoms with Gasteiger partial charge in [-0.3, -0.25) is 4.57 Å². The Morgan fingerprint density at radius 2 is 1.32 bits per heavy atom. The highest BCUT2D eigenvalue weighted by molar-refractivity contribution is 7.93. The molecule has 1 heterocycles. The van der Waals surface area contributed by atoms with Gasteiger partial charge in [-0.1, -0.05) is 95.3 Å². The smallest absolute Gasteiger partial charge is 0.219 e. The van der Waals surface area contributed by atoms with Crippen LogP contribution in [0.4, 0.5) is 11.5 Å². The van der Waals surface area contributed by atoms with E-state index in [1.165, 1.54) is 0 Å². The minimum absolute atomic E-state index is 0.0342. The van der Waals surface area contributed by atoms with E-state index in [2.05, 4.69) is 0 Å². The summed E-state index contributed by atoms with van der Waals surface area (Å²) in [5.41, 5.74) is 10.9. The van der Waals surface area contributed by atoms with E-state index < -0.39 is 9.84 Å². The second-order valence-corrected chi connectivity index (χ2v) is 11.9. The number of hydrogen-bond donors (Lipinski definition) is 1. The lowest BCUT2D eigenvalue weighted by molar-refractivity contribution is 0.598. The summed E-state index contributed by atoms with van der Waals surface area (Å²) in [6.07, 6.45) is 0. The van der Waals surface area contributed by atoms with Gasteiger partial charge in [0.15, 0.2) is 14.8 Å². The Kier molecular flexibility index (Phi) is 7.09. The average Bonchev–Trinajstić information content (AvgIpc) is 3.26. The first-order valence-electron chi connectivity index (χ1n) is 12.0. The number of amidine groups is 1. The zero-order chi connectivity index (χ0) is 26.7. The SMILES string of the molecule is Cc1ccc(C(=Nc2ccccc2)N=c2sc(S(=O)(=O)c3ccc(C)cc3)c(N)n2-c2ccccc2)cc1. The number of hydrogen-bond acceptors (Lipinski definition) is 5. The third kappa shape index (κ3) is 5.22. The summed E-state index contributed by atoms with van der Waals surface area (Å²) in [5.74, 6) is 0.546. The van der Waals surface area contributed by atoms with Crippen molar-refractivity contribution in [2.45, 2.75) is 23.0 Å². The van der Waals surface area contributed by atoms with Crippen LogP contribution in [0.25, 0.3) is 5.69 Å². The molecule has 0 atom stereocenters. The highest BCUT2D eigenvalue weighted by atomic mass is 32.2. The van der Waals surface area contributed by atoms with E-state index in [0.717, 1.165) is 33.7 Å². The molecule has 0 bridgehead atoms. The van der Waals surface area contributed by atoms with Crippen molar-refractivity contribution in [1.29, 1.82) is 0 Å². The quantitative estimate of drug-likeness (QED) is 0.212. The lowest BCUT2D eigenvalue weighted by Gasteiger charge is -2.08. The molecule has 0 radical (unpaired) electrons. The molecule has 8 heteroatoms. The molecule has 0 amide bonds. The Labute approximate surface area is 226 Å². The minimum atomic E-state index is -3.89. The monoisotopic (exact) mass is 538 g/mol. The number of nitrogen functional groups attached to an aromatic ring is 1. The Balaban J connectivity index is 1.78. The fraction of sp³-hybridized carbons (Fsp3) is 0.0667. The van der Waals surface area contributed by atoms with Crippen LogP contribution in [0.5, 0.6) is 0 Å². The largest absolute Gasteiger partial charge is 0.383 e. The maximum absolute atomic E-state index is 13.7. The van der Waals surface area contributed by atoms with Crippen LogP contribution in [0.15, 0.2) is 128 Å². The highest BCUT2D eigenvalue weighted by Gasteiger charge is 2.26. The minimum Gasteiger partial charge on any atom is -0.383 e. The summed E-state index contributed by atoms with van der Waals surface area (Å²) in [4.78, 5) is 10.3. The van der Waals surface area contributed by atoms with Gasteiger partial charge < -0.3 is 5.73 Å². The fourth-order valence-electron chi connectivity index (χ4n) is 3.86. The highest BCUT2D eigenvalue weighted by Crippen LogP contribution is 2.30. The van der Waals surface area contributed by atoms with Crippen LogP contribution in [0, 0.1) is 13.8 Å². The zero-order valence-corrected chi connectivity index (χ0v) is 22.6. The Morgan fingerprint density at radius 1 is 0.763 bits per heavy atom. The van der Waals surface area contributed by atoms with E-state index in [0.29, 0.717) is 16.3 Å². The molecule has 0 fully saturated rings. The van der Waals surface area contributed by atoms with Gasteiger partial charge in [0, 0.05) is 11.3 Å². The number of nitrogens with two attached hydrogens (primary N) is 1. The molecule has 2 N–H and O–H groups in total. The zero-order valence-electron chi connectivity index (χ0n) is 20.9. The third-order valence-electron chi connectivity index (χ3n) is 5.92. The number of thiazole rings is 1. The molecule has 0 saturated heterocycles. The van der Waals surface area contributed by atoms with Gasteiger partial charge in [0.2, 0.25) is 9.84 Å². The molecule has 190 valence electrons. The number of sulfone groups is 1. The molecular weight excluding hydrogens is 512 g/mol.